The first-order chi connectivity index (χ1) is 9.22. The summed E-state index contributed by atoms with van der Waals surface area (Å²) in [4.78, 5) is 11.4. The molecule has 3 nitrogen and oxygen atoms in total. The summed E-state index contributed by atoms with van der Waals surface area (Å²) in [5.41, 5.74) is 3.07. The summed E-state index contributed by atoms with van der Waals surface area (Å²) < 4.78 is 4.74. The van der Waals surface area contributed by atoms with E-state index in [-0.39, 0.29) is 5.97 Å². The lowest BCUT2D eigenvalue weighted by molar-refractivity contribution is -0.141. The molecule has 1 fully saturated rings. The molecule has 19 heavy (non-hydrogen) atoms. The Morgan fingerprint density at radius 3 is 2.84 bits per heavy atom. The van der Waals surface area contributed by atoms with Crippen molar-refractivity contribution in [3.05, 3.63) is 41.0 Å². The van der Waals surface area contributed by atoms with Crippen LogP contribution < -0.4 is 0 Å². The second-order valence-corrected chi connectivity index (χ2v) is 4.82. The molecule has 0 N–H and O–H groups in total. The zero-order valence-electron chi connectivity index (χ0n) is 11.1. The summed E-state index contributed by atoms with van der Waals surface area (Å²) >= 11 is 0. The van der Waals surface area contributed by atoms with Gasteiger partial charge in [0.25, 0.3) is 0 Å². The predicted molar refractivity (Wildman–Crippen MR) is 73.1 cm³/mol. The summed E-state index contributed by atoms with van der Waals surface area (Å²) in [5.74, 6) is 0.167. The van der Waals surface area contributed by atoms with Gasteiger partial charge in [0.05, 0.1) is 25.2 Å². The maximum Gasteiger partial charge on any atom is 0.306 e. The highest BCUT2D eigenvalue weighted by atomic mass is 16.5. The Bertz CT molecular complexity index is 523. The first-order valence-corrected chi connectivity index (χ1v) is 6.50. The summed E-state index contributed by atoms with van der Waals surface area (Å²) in [6.45, 7) is 0. The number of allylic oxidation sites excluding steroid dienone is 1. The van der Waals surface area contributed by atoms with E-state index in [2.05, 4.69) is 12.1 Å². The van der Waals surface area contributed by atoms with Gasteiger partial charge in [-0.1, -0.05) is 23.8 Å². The molecule has 1 atom stereocenters. The molecule has 0 aliphatic heterocycles. The summed E-state index contributed by atoms with van der Waals surface area (Å²) in [6, 6.07) is 9.63. The third kappa shape index (κ3) is 3.45. The molecule has 2 rings (SSSR count). The van der Waals surface area contributed by atoms with Gasteiger partial charge in [-0.15, -0.1) is 0 Å². The van der Waals surface area contributed by atoms with Crippen LogP contribution in [0.4, 0.5) is 0 Å². The number of esters is 1. The van der Waals surface area contributed by atoms with Gasteiger partial charge in [-0.2, -0.15) is 5.26 Å². The molecule has 0 amide bonds. The van der Waals surface area contributed by atoms with Crippen molar-refractivity contribution < 1.29 is 9.53 Å². The molecule has 0 spiro atoms. The molecule has 1 saturated carbocycles. The third-order valence-corrected chi connectivity index (χ3v) is 3.57. The zero-order valence-corrected chi connectivity index (χ0v) is 11.1. The monoisotopic (exact) mass is 255 g/mol. The standard InChI is InChI=1S/C16H17NO2/c1-19-16(18)10-15-4-2-3-14(15)9-12-5-7-13(11-17)8-6-12/h5-9,15H,2-4,10H2,1H3/b14-9+. The van der Waals surface area contributed by atoms with E-state index in [1.807, 2.05) is 24.3 Å². The van der Waals surface area contributed by atoms with E-state index in [0.29, 0.717) is 17.9 Å². The van der Waals surface area contributed by atoms with Crippen molar-refractivity contribution in [2.75, 3.05) is 7.11 Å². The molecule has 1 unspecified atom stereocenters. The van der Waals surface area contributed by atoms with Gasteiger partial charge < -0.3 is 4.74 Å². The fourth-order valence-electron chi connectivity index (χ4n) is 2.52. The van der Waals surface area contributed by atoms with Crippen LogP contribution in [0.2, 0.25) is 0 Å². The van der Waals surface area contributed by atoms with Crippen molar-refractivity contribution in [3.63, 3.8) is 0 Å². The number of carbonyl (C=O) groups excluding carboxylic acids is 1. The average molecular weight is 255 g/mol. The molecule has 0 aromatic heterocycles. The largest absolute Gasteiger partial charge is 0.469 e. The van der Waals surface area contributed by atoms with Gasteiger partial charge >= 0.3 is 5.97 Å². The van der Waals surface area contributed by atoms with Crippen molar-refractivity contribution in [1.29, 1.82) is 5.26 Å². The van der Waals surface area contributed by atoms with Crippen LogP contribution in [0.1, 0.15) is 36.8 Å². The van der Waals surface area contributed by atoms with Crippen LogP contribution >= 0.6 is 0 Å². The van der Waals surface area contributed by atoms with Crippen LogP contribution in [0.25, 0.3) is 6.08 Å². The van der Waals surface area contributed by atoms with E-state index in [1.54, 1.807) is 0 Å². The van der Waals surface area contributed by atoms with Crippen LogP contribution in [-0.2, 0) is 9.53 Å². The molecule has 0 saturated heterocycles. The molecule has 1 aromatic rings. The number of benzene rings is 1. The van der Waals surface area contributed by atoms with Gasteiger partial charge in [0.15, 0.2) is 0 Å². The minimum Gasteiger partial charge on any atom is -0.469 e. The SMILES string of the molecule is COC(=O)CC1CCC/C1=C\c1ccc(C#N)cc1. The van der Waals surface area contributed by atoms with Gasteiger partial charge in [-0.3, -0.25) is 4.79 Å². The van der Waals surface area contributed by atoms with Crippen molar-refractivity contribution in [3.8, 4) is 6.07 Å². The zero-order chi connectivity index (χ0) is 13.7. The number of rotatable bonds is 3. The van der Waals surface area contributed by atoms with Crippen LogP contribution in [0.3, 0.4) is 0 Å². The van der Waals surface area contributed by atoms with Gasteiger partial charge in [0, 0.05) is 0 Å². The predicted octanol–water partition coefficient (Wildman–Crippen LogP) is 3.30. The Labute approximate surface area is 113 Å². The number of methoxy groups -OCH3 is 1. The number of nitriles is 1. The van der Waals surface area contributed by atoms with Crippen LogP contribution in [-0.4, -0.2) is 13.1 Å². The minimum atomic E-state index is -0.141. The van der Waals surface area contributed by atoms with Gasteiger partial charge in [-0.25, -0.2) is 0 Å². The van der Waals surface area contributed by atoms with E-state index in [1.165, 1.54) is 12.7 Å². The number of hydrogen-bond acceptors (Lipinski definition) is 3. The summed E-state index contributed by atoms with van der Waals surface area (Å²) in [6.07, 6.45) is 5.84. The lowest BCUT2D eigenvalue weighted by atomic mass is 9.96. The molecule has 0 radical (unpaired) electrons. The fourth-order valence-corrected chi connectivity index (χ4v) is 2.52. The number of nitrogens with zero attached hydrogens (tertiary/aromatic N) is 1. The molecule has 1 aliphatic carbocycles. The maximum absolute atomic E-state index is 11.4. The Morgan fingerprint density at radius 2 is 2.21 bits per heavy atom. The molecular weight excluding hydrogens is 238 g/mol. The lowest BCUT2D eigenvalue weighted by Gasteiger charge is -2.10. The van der Waals surface area contributed by atoms with E-state index < -0.39 is 0 Å². The topological polar surface area (TPSA) is 50.1 Å². The summed E-state index contributed by atoms with van der Waals surface area (Å²) in [7, 11) is 1.43. The van der Waals surface area contributed by atoms with Crippen molar-refractivity contribution in [2.24, 2.45) is 5.92 Å². The first kappa shape index (κ1) is 13.4. The highest BCUT2D eigenvalue weighted by Gasteiger charge is 2.23. The van der Waals surface area contributed by atoms with E-state index >= 15 is 0 Å². The Hall–Kier alpha value is -2.08. The third-order valence-electron chi connectivity index (χ3n) is 3.57. The Balaban J connectivity index is 2.12. The second-order valence-electron chi connectivity index (χ2n) is 4.82. The normalized spacial score (nSPS) is 20.2. The molecule has 98 valence electrons. The first-order valence-electron chi connectivity index (χ1n) is 6.50. The van der Waals surface area contributed by atoms with Crippen molar-refractivity contribution >= 4 is 12.0 Å². The van der Waals surface area contributed by atoms with Gasteiger partial charge in [-0.05, 0) is 42.9 Å². The molecule has 0 heterocycles. The number of hydrogen-bond donors (Lipinski definition) is 0. The summed E-state index contributed by atoms with van der Waals surface area (Å²) in [5, 5.41) is 8.76. The molecule has 3 heteroatoms. The Kier molecular flexibility index (Phi) is 4.35. The highest BCUT2D eigenvalue weighted by Crippen LogP contribution is 2.35. The number of ether oxygens (including phenoxy) is 1. The average Bonchev–Trinajstić information content (AvgIpc) is 2.86. The molecular formula is C16H17NO2. The van der Waals surface area contributed by atoms with Crippen LogP contribution in [0.15, 0.2) is 29.8 Å². The fraction of sp³-hybridized carbons (Fsp3) is 0.375. The van der Waals surface area contributed by atoms with Crippen LogP contribution in [0.5, 0.6) is 0 Å². The second kappa shape index (κ2) is 6.19. The van der Waals surface area contributed by atoms with E-state index in [0.717, 1.165) is 24.8 Å². The van der Waals surface area contributed by atoms with Gasteiger partial charge in [0.2, 0.25) is 0 Å². The maximum atomic E-state index is 11.4. The quantitative estimate of drug-likeness (QED) is 0.778. The van der Waals surface area contributed by atoms with E-state index in [9.17, 15) is 4.79 Å². The Morgan fingerprint density at radius 1 is 1.47 bits per heavy atom. The molecule has 1 aromatic carbocycles. The highest BCUT2D eigenvalue weighted by molar-refractivity contribution is 5.70. The van der Waals surface area contributed by atoms with Crippen LogP contribution in [0, 0.1) is 17.2 Å². The van der Waals surface area contributed by atoms with Gasteiger partial charge in [0.1, 0.15) is 0 Å². The molecule has 0 bridgehead atoms. The molecule has 1 aliphatic rings. The smallest absolute Gasteiger partial charge is 0.306 e. The van der Waals surface area contributed by atoms with E-state index in [4.69, 9.17) is 10.00 Å². The van der Waals surface area contributed by atoms with Crippen molar-refractivity contribution in [2.45, 2.75) is 25.7 Å². The number of carbonyl (C=O) groups is 1. The van der Waals surface area contributed by atoms with Crippen molar-refractivity contribution in [1.82, 2.24) is 0 Å². The minimum absolute atomic E-state index is 0.141. The lowest BCUT2D eigenvalue weighted by Crippen LogP contribution is -2.08.